The number of anilines is 1. The molecule has 2 atom stereocenters. The summed E-state index contributed by atoms with van der Waals surface area (Å²) < 4.78 is 12.7. The number of rotatable bonds is 5. The molecule has 17 heavy (non-hydrogen) atoms. The van der Waals surface area contributed by atoms with Gasteiger partial charge >= 0.3 is 0 Å². The van der Waals surface area contributed by atoms with Crippen molar-refractivity contribution in [1.82, 2.24) is 9.78 Å². The number of hydrogen-bond donors (Lipinski definition) is 1. The molecule has 0 aliphatic carbocycles. The molecule has 5 nitrogen and oxygen atoms in total. The van der Waals surface area contributed by atoms with Crippen LogP contribution in [0.25, 0.3) is 0 Å². The first-order valence-corrected chi connectivity index (χ1v) is 7.18. The standard InChI is InChI=1S/C11H18N4OS/c1-8(5-6-17(4)16)13-11-10(7-12)9(2)14-15(11)3/h8,13H,5-6H2,1-4H3. The van der Waals surface area contributed by atoms with Crippen molar-refractivity contribution >= 4 is 16.6 Å². The molecule has 94 valence electrons. The molecule has 1 rings (SSSR count). The van der Waals surface area contributed by atoms with E-state index in [4.69, 9.17) is 5.26 Å². The Balaban J connectivity index is 2.75. The van der Waals surface area contributed by atoms with Crippen LogP contribution in [0.4, 0.5) is 5.82 Å². The van der Waals surface area contributed by atoms with Gasteiger partial charge in [-0.05, 0) is 20.3 Å². The number of nitrogens with zero attached hydrogens (tertiary/aromatic N) is 3. The van der Waals surface area contributed by atoms with E-state index in [2.05, 4.69) is 16.5 Å². The lowest BCUT2D eigenvalue weighted by Gasteiger charge is -2.14. The maximum atomic E-state index is 11.0. The fraction of sp³-hybridized carbons (Fsp3) is 0.636. The molecule has 0 fully saturated rings. The quantitative estimate of drug-likeness (QED) is 0.856. The van der Waals surface area contributed by atoms with E-state index >= 15 is 0 Å². The van der Waals surface area contributed by atoms with E-state index < -0.39 is 10.8 Å². The summed E-state index contributed by atoms with van der Waals surface area (Å²) in [5.74, 6) is 1.40. The first-order valence-electron chi connectivity index (χ1n) is 5.46. The lowest BCUT2D eigenvalue weighted by molar-refractivity contribution is 0.675. The largest absolute Gasteiger partial charge is 0.367 e. The predicted octanol–water partition coefficient (Wildman–Crippen LogP) is 1.17. The van der Waals surface area contributed by atoms with Crippen molar-refractivity contribution in [3.05, 3.63) is 11.3 Å². The van der Waals surface area contributed by atoms with Crippen LogP contribution in [0.2, 0.25) is 0 Å². The highest BCUT2D eigenvalue weighted by Gasteiger charge is 2.14. The molecule has 1 aromatic rings. The van der Waals surface area contributed by atoms with Crippen LogP contribution in [0.1, 0.15) is 24.6 Å². The van der Waals surface area contributed by atoms with Crippen LogP contribution in [0, 0.1) is 18.3 Å². The van der Waals surface area contributed by atoms with Gasteiger partial charge in [-0.2, -0.15) is 10.4 Å². The number of nitrogens with one attached hydrogen (secondary N) is 1. The molecule has 0 aliphatic rings. The highest BCUT2D eigenvalue weighted by molar-refractivity contribution is 7.84. The van der Waals surface area contributed by atoms with Gasteiger partial charge in [0.15, 0.2) is 0 Å². The monoisotopic (exact) mass is 254 g/mol. The molecular formula is C11H18N4OS. The van der Waals surface area contributed by atoms with E-state index in [0.717, 1.165) is 17.9 Å². The molecule has 0 aromatic carbocycles. The minimum atomic E-state index is -0.779. The van der Waals surface area contributed by atoms with Crippen molar-refractivity contribution in [3.8, 4) is 6.07 Å². The van der Waals surface area contributed by atoms with Crippen molar-refractivity contribution in [2.75, 3.05) is 17.3 Å². The Morgan fingerprint density at radius 1 is 1.65 bits per heavy atom. The molecule has 2 unspecified atom stereocenters. The Kier molecular flexibility index (Phi) is 4.70. The highest BCUT2D eigenvalue weighted by Crippen LogP contribution is 2.18. The average Bonchev–Trinajstić information content (AvgIpc) is 2.50. The van der Waals surface area contributed by atoms with Crippen LogP contribution < -0.4 is 5.32 Å². The number of aryl methyl sites for hydroxylation is 2. The third-order valence-corrected chi connectivity index (χ3v) is 3.37. The minimum absolute atomic E-state index is 0.167. The van der Waals surface area contributed by atoms with E-state index in [9.17, 15) is 4.21 Å². The average molecular weight is 254 g/mol. The molecular weight excluding hydrogens is 236 g/mol. The van der Waals surface area contributed by atoms with Crippen LogP contribution in [-0.2, 0) is 17.8 Å². The summed E-state index contributed by atoms with van der Waals surface area (Å²) in [6.07, 6.45) is 2.50. The molecule has 1 heterocycles. The summed E-state index contributed by atoms with van der Waals surface area (Å²) in [5, 5.41) is 16.5. The number of nitriles is 1. The third kappa shape index (κ3) is 3.56. The van der Waals surface area contributed by atoms with Crippen LogP contribution >= 0.6 is 0 Å². The molecule has 0 saturated heterocycles. The van der Waals surface area contributed by atoms with E-state index in [1.165, 1.54) is 0 Å². The van der Waals surface area contributed by atoms with Gasteiger partial charge in [-0.15, -0.1) is 0 Å². The SMILES string of the molecule is Cc1nn(C)c(NC(C)CCS(C)=O)c1C#N. The summed E-state index contributed by atoms with van der Waals surface area (Å²) in [6, 6.07) is 2.32. The van der Waals surface area contributed by atoms with Gasteiger partial charge in [-0.3, -0.25) is 8.89 Å². The van der Waals surface area contributed by atoms with Gasteiger partial charge in [0.2, 0.25) is 0 Å². The Morgan fingerprint density at radius 3 is 2.82 bits per heavy atom. The second-order valence-electron chi connectivity index (χ2n) is 4.16. The van der Waals surface area contributed by atoms with Crippen LogP contribution in [0.15, 0.2) is 0 Å². The lowest BCUT2D eigenvalue weighted by atomic mass is 10.2. The summed E-state index contributed by atoms with van der Waals surface area (Å²) in [5.41, 5.74) is 1.31. The Morgan fingerprint density at radius 2 is 2.29 bits per heavy atom. The summed E-state index contributed by atoms with van der Waals surface area (Å²) in [4.78, 5) is 0. The van der Waals surface area contributed by atoms with Gasteiger partial charge in [0.25, 0.3) is 0 Å². The van der Waals surface area contributed by atoms with Gasteiger partial charge in [0.1, 0.15) is 17.5 Å². The smallest absolute Gasteiger partial charge is 0.142 e. The summed E-state index contributed by atoms with van der Waals surface area (Å²) in [7, 11) is 1.03. The van der Waals surface area contributed by atoms with Crippen LogP contribution in [0.5, 0.6) is 0 Å². The molecule has 0 bridgehead atoms. The fourth-order valence-corrected chi connectivity index (χ4v) is 2.29. The zero-order valence-electron chi connectivity index (χ0n) is 10.6. The molecule has 0 radical (unpaired) electrons. The van der Waals surface area contributed by atoms with E-state index in [-0.39, 0.29) is 6.04 Å². The van der Waals surface area contributed by atoms with Gasteiger partial charge in [0.05, 0.1) is 5.69 Å². The molecule has 0 aliphatic heterocycles. The first kappa shape index (κ1) is 13.7. The molecule has 6 heteroatoms. The van der Waals surface area contributed by atoms with Gasteiger partial charge in [0, 0.05) is 35.9 Å². The second kappa shape index (κ2) is 5.82. The van der Waals surface area contributed by atoms with E-state index in [1.807, 2.05) is 13.8 Å². The summed E-state index contributed by atoms with van der Waals surface area (Å²) in [6.45, 7) is 3.83. The first-order chi connectivity index (χ1) is 7.95. The minimum Gasteiger partial charge on any atom is -0.367 e. The van der Waals surface area contributed by atoms with Gasteiger partial charge < -0.3 is 5.32 Å². The zero-order valence-corrected chi connectivity index (χ0v) is 11.5. The zero-order chi connectivity index (χ0) is 13.0. The van der Waals surface area contributed by atoms with E-state index in [1.54, 1.807) is 18.0 Å². The lowest BCUT2D eigenvalue weighted by Crippen LogP contribution is -2.20. The molecule has 1 N–H and O–H groups in total. The van der Waals surface area contributed by atoms with Crippen molar-refractivity contribution in [1.29, 1.82) is 5.26 Å². The normalized spacial score (nSPS) is 14.1. The Labute approximate surface area is 104 Å². The fourth-order valence-electron chi connectivity index (χ4n) is 1.61. The van der Waals surface area contributed by atoms with E-state index in [0.29, 0.717) is 11.3 Å². The predicted molar refractivity (Wildman–Crippen MR) is 69.3 cm³/mol. The van der Waals surface area contributed by atoms with Crippen LogP contribution in [-0.4, -0.2) is 32.0 Å². The number of aromatic nitrogens is 2. The second-order valence-corrected chi connectivity index (χ2v) is 5.71. The molecule has 0 amide bonds. The maximum Gasteiger partial charge on any atom is 0.142 e. The maximum absolute atomic E-state index is 11.0. The van der Waals surface area contributed by atoms with Crippen molar-refractivity contribution in [2.24, 2.45) is 7.05 Å². The number of hydrogen-bond acceptors (Lipinski definition) is 4. The Bertz CT molecular complexity index is 461. The van der Waals surface area contributed by atoms with Crippen molar-refractivity contribution < 1.29 is 4.21 Å². The Hall–Kier alpha value is -1.35. The van der Waals surface area contributed by atoms with Gasteiger partial charge in [-0.1, -0.05) is 0 Å². The van der Waals surface area contributed by atoms with Crippen LogP contribution in [0.3, 0.4) is 0 Å². The highest BCUT2D eigenvalue weighted by atomic mass is 32.2. The molecule has 0 spiro atoms. The van der Waals surface area contributed by atoms with Crippen molar-refractivity contribution in [3.63, 3.8) is 0 Å². The molecule has 1 aromatic heterocycles. The summed E-state index contributed by atoms with van der Waals surface area (Å²) >= 11 is 0. The third-order valence-electron chi connectivity index (χ3n) is 2.56. The molecule has 0 saturated carbocycles. The topological polar surface area (TPSA) is 70.7 Å². The van der Waals surface area contributed by atoms with Gasteiger partial charge in [-0.25, -0.2) is 0 Å². The van der Waals surface area contributed by atoms with Crippen molar-refractivity contribution in [2.45, 2.75) is 26.3 Å².